The van der Waals surface area contributed by atoms with Crippen LogP contribution in [-0.4, -0.2) is 42.9 Å². The molecule has 1 rings (SSSR count). The standard InChI is InChI=1S/C11H21ClN2O/c1-8(6-12)11(15)13-10-4-5-14(3)7-9(10)2/h8-10H,4-7H2,1-3H3,(H,13,15). The van der Waals surface area contributed by atoms with E-state index in [1.807, 2.05) is 6.92 Å². The maximum atomic E-state index is 11.7. The first-order valence-corrected chi connectivity index (χ1v) is 6.13. The molecule has 0 aliphatic carbocycles. The fraction of sp³-hybridized carbons (Fsp3) is 0.909. The van der Waals surface area contributed by atoms with E-state index in [2.05, 4.69) is 24.2 Å². The van der Waals surface area contributed by atoms with Crippen LogP contribution in [0.25, 0.3) is 0 Å². The fourth-order valence-electron chi connectivity index (χ4n) is 1.96. The number of amides is 1. The van der Waals surface area contributed by atoms with Gasteiger partial charge in [0.25, 0.3) is 0 Å². The highest BCUT2D eigenvalue weighted by molar-refractivity contribution is 6.19. The Balaban J connectivity index is 2.41. The summed E-state index contributed by atoms with van der Waals surface area (Å²) < 4.78 is 0. The van der Waals surface area contributed by atoms with Crippen molar-refractivity contribution < 1.29 is 4.79 Å². The number of piperidine rings is 1. The Morgan fingerprint density at radius 3 is 2.87 bits per heavy atom. The molecule has 1 heterocycles. The number of nitrogens with zero attached hydrogens (tertiary/aromatic N) is 1. The largest absolute Gasteiger partial charge is 0.353 e. The summed E-state index contributed by atoms with van der Waals surface area (Å²) in [6.45, 7) is 6.17. The highest BCUT2D eigenvalue weighted by Gasteiger charge is 2.26. The number of hydrogen-bond donors (Lipinski definition) is 1. The minimum absolute atomic E-state index is 0.0847. The van der Waals surface area contributed by atoms with E-state index in [1.165, 1.54) is 0 Å². The second-order valence-electron chi connectivity index (χ2n) is 4.70. The van der Waals surface area contributed by atoms with Crippen molar-refractivity contribution >= 4 is 17.5 Å². The smallest absolute Gasteiger partial charge is 0.224 e. The van der Waals surface area contributed by atoms with E-state index in [4.69, 9.17) is 11.6 Å². The number of rotatable bonds is 3. The molecule has 0 spiro atoms. The van der Waals surface area contributed by atoms with Crippen molar-refractivity contribution in [2.24, 2.45) is 11.8 Å². The number of likely N-dealkylation sites (tertiary alicyclic amines) is 1. The lowest BCUT2D eigenvalue weighted by atomic mass is 9.94. The molecule has 3 unspecified atom stereocenters. The van der Waals surface area contributed by atoms with Crippen molar-refractivity contribution in [2.45, 2.75) is 26.3 Å². The number of carbonyl (C=O) groups excluding carboxylic acids is 1. The van der Waals surface area contributed by atoms with E-state index in [0.29, 0.717) is 17.8 Å². The monoisotopic (exact) mass is 232 g/mol. The predicted octanol–water partition coefficient (Wildman–Crippen LogP) is 1.32. The van der Waals surface area contributed by atoms with Gasteiger partial charge in [-0.25, -0.2) is 0 Å². The average molecular weight is 233 g/mol. The van der Waals surface area contributed by atoms with Crippen molar-refractivity contribution in [3.8, 4) is 0 Å². The van der Waals surface area contributed by atoms with Gasteiger partial charge in [0.15, 0.2) is 0 Å². The van der Waals surface area contributed by atoms with Gasteiger partial charge in [-0.2, -0.15) is 0 Å². The Kier molecular flexibility index (Phi) is 4.87. The molecular formula is C11H21ClN2O. The maximum absolute atomic E-state index is 11.7. The maximum Gasteiger partial charge on any atom is 0.224 e. The Labute approximate surface area is 97.2 Å². The van der Waals surface area contributed by atoms with Crippen LogP contribution in [0.15, 0.2) is 0 Å². The SMILES string of the molecule is CC(CCl)C(=O)NC1CCN(C)CC1C. The van der Waals surface area contributed by atoms with Crippen LogP contribution in [0.5, 0.6) is 0 Å². The highest BCUT2D eigenvalue weighted by atomic mass is 35.5. The Morgan fingerprint density at radius 1 is 1.67 bits per heavy atom. The average Bonchev–Trinajstić information content (AvgIpc) is 2.20. The number of alkyl halides is 1. The van der Waals surface area contributed by atoms with Crippen LogP contribution in [0.1, 0.15) is 20.3 Å². The third-order valence-electron chi connectivity index (χ3n) is 3.12. The number of carbonyl (C=O) groups is 1. The molecule has 88 valence electrons. The third-order valence-corrected chi connectivity index (χ3v) is 3.58. The van der Waals surface area contributed by atoms with Crippen LogP contribution < -0.4 is 5.32 Å². The van der Waals surface area contributed by atoms with E-state index >= 15 is 0 Å². The first-order chi connectivity index (χ1) is 7.04. The van der Waals surface area contributed by atoms with Gasteiger partial charge in [-0.3, -0.25) is 4.79 Å². The lowest BCUT2D eigenvalue weighted by molar-refractivity contribution is -0.125. The van der Waals surface area contributed by atoms with Gasteiger partial charge in [-0.1, -0.05) is 13.8 Å². The summed E-state index contributed by atoms with van der Waals surface area (Å²) in [7, 11) is 2.12. The molecule has 15 heavy (non-hydrogen) atoms. The van der Waals surface area contributed by atoms with Crippen LogP contribution in [0.2, 0.25) is 0 Å². The zero-order chi connectivity index (χ0) is 11.4. The zero-order valence-electron chi connectivity index (χ0n) is 9.79. The minimum Gasteiger partial charge on any atom is -0.353 e. The molecule has 1 amide bonds. The topological polar surface area (TPSA) is 32.3 Å². The molecular weight excluding hydrogens is 212 g/mol. The second-order valence-corrected chi connectivity index (χ2v) is 5.01. The molecule has 0 aromatic rings. The summed E-state index contributed by atoms with van der Waals surface area (Å²) in [5.41, 5.74) is 0. The fourth-order valence-corrected chi connectivity index (χ4v) is 2.10. The van der Waals surface area contributed by atoms with Crippen molar-refractivity contribution in [3.63, 3.8) is 0 Å². The summed E-state index contributed by atoms with van der Waals surface area (Å²) in [6, 6.07) is 0.319. The van der Waals surface area contributed by atoms with Crippen LogP contribution >= 0.6 is 11.6 Å². The Bertz CT molecular complexity index is 223. The molecule has 4 heteroatoms. The highest BCUT2D eigenvalue weighted by Crippen LogP contribution is 2.15. The quantitative estimate of drug-likeness (QED) is 0.745. The normalized spacial score (nSPS) is 29.9. The second kappa shape index (κ2) is 5.71. The zero-order valence-corrected chi connectivity index (χ0v) is 10.5. The molecule has 0 saturated carbocycles. The Hall–Kier alpha value is -0.280. The summed E-state index contributed by atoms with van der Waals surface area (Å²) in [5, 5.41) is 3.09. The molecule has 3 nitrogen and oxygen atoms in total. The van der Waals surface area contributed by atoms with Gasteiger partial charge in [0.05, 0.1) is 0 Å². The first-order valence-electron chi connectivity index (χ1n) is 5.59. The molecule has 1 aliphatic heterocycles. The van der Waals surface area contributed by atoms with Gasteiger partial charge in [-0.15, -0.1) is 11.6 Å². The third kappa shape index (κ3) is 3.65. The van der Waals surface area contributed by atoms with Crippen molar-refractivity contribution in [1.82, 2.24) is 10.2 Å². The lowest BCUT2D eigenvalue weighted by Gasteiger charge is -2.35. The molecule has 3 atom stereocenters. The molecule has 1 N–H and O–H groups in total. The summed E-state index contributed by atoms with van der Waals surface area (Å²) in [6.07, 6.45) is 1.04. The van der Waals surface area contributed by atoms with Crippen LogP contribution in [-0.2, 0) is 4.79 Å². The number of halogens is 1. The molecule has 0 aromatic carbocycles. The van der Waals surface area contributed by atoms with Gasteiger partial charge in [0.1, 0.15) is 0 Å². The van der Waals surface area contributed by atoms with Crippen LogP contribution in [0, 0.1) is 11.8 Å². The van der Waals surface area contributed by atoms with E-state index in [1.54, 1.807) is 0 Å². The molecule has 0 bridgehead atoms. The number of hydrogen-bond acceptors (Lipinski definition) is 2. The van der Waals surface area contributed by atoms with Gasteiger partial charge >= 0.3 is 0 Å². The van der Waals surface area contributed by atoms with Crippen molar-refractivity contribution in [3.05, 3.63) is 0 Å². The van der Waals surface area contributed by atoms with Gasteiger partial charge < -0.3 is 10.2 Å². The van der Waals surface area contributed by atoms with Gasteiger partial charge in [-0.05, 0) is 25.9 Å². The molecule has 1 fully saturated rings. The number of nitrogens with one attached hydrogen (secondary N) is 1. The molecule has 0 radical (unpaired) electrons. The molecule has 1 aliphatic rings. The summed E-state index contributed by atoms with van der Waals surface area (Å²) >= 11 is 5.66. The van der Waals surface area contributed by atoms with E-state index in [-0.39, 0.29) is 11.8 Å². The Morgan fingerprint density at radius 2 is 2.33 bits per heavy atom. The minimum atomic E-state index is -0.0847. The predicted molar refractivity (Wildman–Crippen MR) is 63.1 cm³/mol. The molecule has 1 saturated heterocycles. The van der Waals surface area contributed by atoms with Crippen LogP contribution in [0.4, 0.5) is 0 Å². The first kappa shape index (κ1) is 12.8. The summed E-state index contributed by atoms with van der Waals surface area (Å²) in [4.78, 5) is 14.0. The van der Waals surface area contributed by atoms with E-state index in [9.17, 15) is 4.79 Å². The summed E-state index contributed by atoms with van der Waals surface area (Å²) in [5.74, 6) is 0.924. The lowest BCUT2D eigenvalue weighted by Crippen LogP contribution is -2.50. The van der Waals surface area contributed by atoms with Crippen molar-refractivity contribution in [1.29, 1.82) is 0 Å². The van der Waals surface area contributed by atoms with Gasteiger partial charge in [0.2, 0.25) is 5.91 Å². The van der Waals surface area contributed by atoms with E-state index in [0.717, 1.165) is 19.5 Å². The molecule has 0 aromatic heterocycles. The van der Waals surface area contributed by atoms with Gasteiger partial charge in [0, 0.05) is 24.4 Å². The van der Waals surface area contributed by atoms with Crippen LogP contribution in [0.3, 0.4) is 0 Å². The van der Waals surface area contributed by atoms with E-state index < -0.39 is 0 Å². The van der Waals surface area contributed by atoms with Crippen molar-refractivity contribution in [2.75, 3.05) is 26.0 Å².